The minimum Gasteiger partial charge on any atom is -0.463 e. The zero-order valence-electron chi connectivity index (χ0n) is 18.9. The van der Waals surface area contributed by atoms with Gasteiger partial charge in [-0.15, -0.1) is 0 Å². The fraction of sp³-hybridized carbons (Fsp3) is 0.320. The summed E-state index contributed by atoms with van der Waals surface area (Å²) in [6.45, 7) is 3.89. The van der Waals surface area contributed by atoms with E-state index in [2.05, 4.69) is 11.2 Å². The molecule has 0 aliphatic carbocycles. The van der Waals surface area contributed by atoms with E-state index in [1.54, 1.807) is 29.1 Å². The monoisotopic (exact) mass is 476 g/mol. The highest BCUT2D eigenvalue weighted by Crippen LogP contribution is 2.37. The zero-order chi connectivity index (χ0) is 23.6. The molecule has 2 aliphatic heterocycles. The van der Waals surface area contributed by atoms with Crippen LogP contribution >= 0.6 is 0 Å². The molecule has 2 aliphatic rings. The van der Waals surface area contributed by atoms with E-state index in [-0.39, 0.29) is 29.5 Å². The average molecular weight is 477 g/mol. The van der Waals surface area contributed by atoms with E-state index >= 15 is 0 Å². The van der Waals surface area contributed by atoms with Crippen LogP contribution < -0.4 is 4.90 Å². The molecule has 2 unspecified atom stereocenters. The Labute approximate surface area is 197 Å². The number of pyridine rings is 1. The Balaban J connectivity index is 1.56. The van der Waals surface area contributed by atoms with E-state index < -0.39 is 9.84 Å². The number of amides is 1. The van der Waals surface area contributed by atoms with Crippen LogP contribution in [0.1, 0.15) is 41.0 Å². The van der Waals surface area contributed by atoms with Crippen LogP contribution in [0.5, 0.6) is 0 Å². The quantitative estimate of drug-likeness (QED) is 0.444. The minimum atomic E-state index is -3.12. The fourth-order valence-electron chi connectivity index (χ4n) is 5.26. The van der Waals surface area contributed by atoms with Gasteiger partial charge in [-0.3, -0.25) is 4.79 Å². The first-order chi connectivity index (χ1) is 16.3. The van der Waals surface area contributed by atoms with E-state index in [9.17, 15) is 13.2 Å². The second kappa shape index (κ2) is 7.53. The predicted octanol–water partition coefficient (Wildman–Crippen LogP) is 3.95. The molecule has 0 bridgehead atoms. The second-order valence-electron chi connectivity index (χ2n) is 9.17. The van der Waals surface area contributed by atoms with Crippen LogP contribution in [-0.2, 0) is 16.3 Å². The van der Waals surface area contributed by atoms with Crippen LogP contribution in [0.3, 0.4) is 0 Å². The Hall–Kier alpha value is -3.46. The SMILES string of the molecule is Cc1nn(C2CCS(=O)(=O)C2)c2nc(-c3ccco3)cc(C(=O)N3c4ccccc4CC3C)c12. The fourth-order valence-corrected chi connectivity index (χ4v) is 6.95. The van der Waals surface area contributed by atoms with Crippen LogP contribution in [-0.4, -0.2) is 46.6 Å². The lowest BCUT2D eigenvalue weighted by Gasteiger charge is -2.23. The van der Waals surface area contributed by atoms with Gasteiger partial charge in [0, 0.05) is 11.7 Å². The number of nitrogens with zero attached hydrogens (tertiary/aromatic N) is 4. The number of carbonyl (C=O) groups is 1. The molecule has 9 heteroatoms. The summed E-state index contributed by atoms with van der Waals surface area (Å²) in [5, 5.41) is 5.34. The summed E-state index contributed by atoms with van der Waals surface area (Å²) in [6, 6.07) is 13.0. The highest BCUT2D eigenvalue weighted by molar-refractivity contribution is 7.91. The predicted molar refractivity (Wildman–Crippen MR) is 129 cm³/mol. The molecule has 34 heavy (non-hydrogen) atoms. The molecule has 6 rings (SSSR count). The largest absolute Gasteiger partial charge is 0.463 e. The number of carbonyl (C=O) groups excluding carboxylic acids is 1. The number of benzene rings is 1. The van der Waals surface area contributed by atoms with Crippen LogP contribution in [0.15, 0.2) is 53.1 Å². The van der Waals surface area contributed by atoms with Crippen molar-refractivity contribution in [3.05, 3.63) is 65.5 Å². The highest BCUT2D eigenvalue weighted by atomic mass is 32.2. The number of aryl methyl sites for hydroxylation is 1. The third-order valence-electron chi connectivity index (χ3n) is 6.82. The van der Waals surface area contributed by atoms with Gasteiger partial charge in [-0.25, -0.2) is 18.1 Å². The maximum absolute atomic E-state index is 14.1. The number of hydrogen-bond donors (Lipinski definition) is 0. The van der Waals surface area contributed by atoms with Crippen LogP contribution in [0, 0.1) is 6.92 Å². The Kier molecular flexibility index (Phi) is 4.67. The number of para-hydroxylation sites is 1. The number of hydrogen-bond acceptors (Lipinski definition) is 6. The molecule has 0 spiro atoms. The van der Waals surface area contributed by atoms with E-state index in [1.165, 1.54) is 0 Å². The normalized spacial score (nSPS) is 21.3. The Morgan fingerprint density at radius 1 is 1.18 bits per heavy atom. The number of furan rings is 1. The van der Waals surface area contributed by atoms with Crippen molar-refractivity contribution in [3.8, 4) is 11.5 Å². The van der Waals surface area contributed by atoms with Crippen molar-refractivity contribution in [1.82, 2.24) is 14.8 Å². The molecule has 3 aromatic heterocycles. The lowest BCUT2D eigenvalue weighted by Crippen LogP contribution is -2.36. The van der Waals surface area contributed by atoms with Crippen LogP contribution in [0.2, 0.25) is 0 Å². The van der Waals surface area contributed by atoms with Crippen molar-refractivity contribution in [1.29, 1.82) is 0 Å². The van der Waals surface area contributed by atoms with Crippen LogP contribution in [0.4, 0.5) is 5.69 Å². The number of sulfone groups is 1. The molecular formula is C25H24N4O4S. The highest BCUT2D eigenvalue weighted by Gasteiger charge is 2.35. The molecule has 1 aromatic carbocycles. The summed E-state index contributed by atoms with van der Waals surface area (Å²) < 4.78 is 31.6. The summed E-state index contributed by atoms with van der Waals surface area (Å²) in [5.41, 5.74) is 4.23. The molecule has 2 atom stereocenters. The summed E-state index contributed by atoms with van der Waals surface area (Å²) >= 11 is 0. The lowest BCUT2D eigenvalue weighted by molar-refractivity contribution is 0.0983. The summed E-state index contributed by atoms with van der Waals surface area (Å²) in [7, 11) is -3.12. The third kappa shape index (κ3) is 3.26. The molecule has 174 valence electrons. The molecule has 1 amide bonds. The van der Waals surface area contributed by atoms with Crippen molar-refractivity contribution in [2.24, 2.45) is 0 Å². The first-order valence-electron chi connectivity index (χ1n) is 11.4. The van der Waals surface area contributed by atoms with Gasteiger partial charge in [0.25, 0.3) is 5.91 Å². The Bertz CT molecular complexity index is 1540. The van der Waals surface area contributed by atoms with Gasteiger partial charge in [0.05, 0.1) is 40.5 Å². The summed E-state index contributed by atoms with van der Waals surface area (Å²) in [6.07, 6.45) is 2.83. The van der Waals surface area contributed by atoms with Gasteiger partial charge in [-0.05, 0) is 56.5 Å². The van der Waals surface area contributed by atoms with Gasteiger partial charge >= 0.3 is 0 Å². The van der Waals surface area contributed by atoms with Gasteiger partial charge in [-0.2, -0.15) is 5.10 Å². The maximum Gasteiger partial charge on any atom is 0.259 e. The topological polar surface area (TPSA) is 98.3 Å². The smallest absolute Gasteiger partial charge is 0.259 e. The maximum atomic E-state index is 14.1. The number of rotatable bonds is 3. The standard InChI is InChI=1S/C25H24N4O4S/c1-15-12-17-6-3-4-7-21(17)28(15)25(30)19-13-20(22-8-5-10-33-22)26-24-23(19)16(2)27-29(24)18-9-11-34(31,32)14-18/h3-8,10,13,15,18H,9,11-12,14H2,1-2H3. The zero-order valence-corrected chi connectivity index (χ0v) is 19.7. The van der Waals surface area contributed by atoms with E-state index in [0.717, 1.165) is 17.7 Å². The summed E-state index contributed by atoms with van der Waals surface area (Å²) in [5.74, 6) is 0.564. The van der Waals surface area contributed by atoms with Crippen molar-refractivity contribution in [2.75, 3.05) is 16.4 Å². The molecular weight excluding hydrogens is 452 g/mol. The molecule has 5 heterocycles. The van der Waals surface area contributed by atoms with Gasteiger partial charge < -0.3 is 9.32 Å². The number of anilines is 1. The van der Waals surface area contributed by atoms with Gasteiger partial charge in [0.2, 0.25) is 0 Å². The molecule has 8 nitrogen and oxygen atoms in total. The van der Waals surface area contributed by atoms with Crippen molar-refractivity contribution in [2.45, 2.75) is 38.8 Å². The first kappa shape index (κ1) is 21.1. The first-order valence-corrected chi connectivity index (χ1v) is 13.2. The van der Waals surface area contributed by atoms with Gasteiger partial charge in [0.1, 0.15) is 5.69 Å². The molecule has 0 radical (unpaired) electrons. The Morgan fingerprint density at radius 2 is 2.00 bits per heavy atom. The van der Waals surface area contributed by atoms with Gasteiger partial charge in [0.15, 0.2) is 21.2 Å². The second-order valence-corrected chi connectivity index (χ2v) is 11.4. The Morgan fingerprint density at radius 3 is 2.74 bits per heavy atom. The molecule has 1 saturated heterocycles. The van der Waals surface area contributed by atoms with Crippen molar-refractivity contribution < 1.29 is 17.6 Å². The van der Waals surface area contributed by atoms with Crippen molar-refractivity contribution in [3.63, 3.8) is 0 Å². The lowest BCUT2D eigenvalue weighted by atomic mass is 10.1. The van der Waals surface area contributed by atoms with Gasteiger partial charge in [-0.1, -0.05) is 18.2 Å². The molecule has 4 aromatic rings. The minimum absolute atomic E-state index is 0.00973. The molecule has 0 N–H and O–H groups in total. The third-order valence-corrected chi connectivity index (χ3v) is 8.57. The number of aromatic nitrogens is 3. The number of fused-ring (bicyclic) bond motifs is 2. The van der Waals surface area contributed by atoms with E-state index in [0.29, 0.717) is 40.2 Å². The van der Waals surface area contributed by atoms with Crippen molar-refractivity contribution >= 4 is 32.5 Å². The average Bonchev–Trinajstić information content (AvgIpc) is 3.58. The summed E-state index contributed by atoms with van der Waals surface area (Å²) in [4.78, 5) is 20.7. The molecule has 1 fully saturated rings. The molecule has 0 saturated carbocycles. The van der Waals surface area contributed by atoms with E-state index in [4.69, 9.17) is 9.40 Å². The van der Waals surface area contributed by atoms with Crippen LogP contribution in [0.25, 0.3) is 22.5 Å². The van der Waals surface area contributed by atoms with E-state index in [1.807, 2.05) is 36.9 Å².